The number of rotatable bonds is 2. The van der Waals surface area contributed by atoms with Gasteiger partial charge in [-0.05, 0) is 25.0 Å². The minimum Gasteiger partial charge on any atom is -0.485 e. The van der Waals surface area contributed by atoms with Gasteiger partial charge in [0.25, 0.3) is 0 Å². The molecule has 0 bridgehead atoms. The van der Waals surface area contributed by atoms with Crippen LogP contribution in [0.3, 0.4) is 0 Å². The predicted octanol–water partition coefficient (Wildman–Crippen LogP) is 3.28. The SMILES string of the molecule is Nc1cccc(F)c1OC1CCOC2(CCCC2)C1. The number of para-hydroxylation sites is 1. The van der Waals surface area contributed by atoms with Crippen molar-refractivity contribution in [2.75, 3.05) is 12.3 Å². The fraction of sp³-hybridized carbons (Fsp3) is 0.600. The Morgan fingerprint density at radius 2 is 2.11 bits per heavy atom. The van der Waals surface area contributed by atoms with Gasteiger partial charge in [-0.3, -0.25) is 0 Å². The molecule has 4 heteroatoms. The van der Waals surface area contributed by atoms with Crippen molar-refractivity contribution < 1.29 is 13.9 Å². The van der Waals surface area contributed by atoms with Crippen LogP contribution < -0.4 is 10.5 Å². The highest BCUT2D eigenvalue weighted by Crippen LogP contribution is 2.41. The molecule has 1 aliphatic carbocycles. The Morgan fingerprint density at radius 1 is 1.32 bits per heavy atom. The van der Waals surface area contributed by atoms with Gasteiger partial charge in [0, 0.05) is 12.8 Å². The van der Waals surface area contributed by atoms with Crippen molar-refractivity contribution in [2.45, 2.75) is 50.2 Å². The topological polar surface area (TPSA) is 44.5 Å². The largest absolute Gasteiger partial charge is 0.485 e. The molecule has 19 heavy (non-hydrogen) atoms. The lowest BCUT2D eigenvalue weighted by Gasteiger charge is -2.38. The molecule has 1 heterocycles. The molecule has 3 rings (SSSR count). The first-order valence-electron chi connectivity index (χ1n) is 7.03. The van der Waals surface area contributed by atoms with E-state index in [1.54, 1.807) is 12.1 Å². The number of hydrogen-bond acceptors (Lipinski definition) is 3. The molecule has 104 valence electrons. The zero-order chi connectivity index (χ0) is 13.3. The highest BCUT2D eigenvalue weighted by molar-refractivity contribution is 5.52. The average molecular weight is 265 g/mol. The molecular weight excluding hydrogens is 245 g/mol. The molecule has 1 saturated heterocycles. The first-order chi connectivity index (χ1) is 9.19. The van der Waals surface area contributed by atoms with Gasteiger partial charge in [-0.15, -0.1) is 0 Å². The van der Waals surface area contributed by atoms with E-state index < -0.39 is 0 Å². The van der Waals surface area contributed by atoms with Gasteiger partial charge in [0.1, 0.15) is 6.10 Å². The number of nitrogen functional groups attached to an aromatic ring is 1. The lowest BCUT2D eigenvalue weighted by atomic mass is 9.90. The smallest absolute Gasteiger partial charge is 0.178 e. The Balaban J connectivity index is 1.73. The summed E-state index contributed by atoms with van der Waals surface area (Å²) in [6.45, 7) is 0.693. The second-order valence-electron chi connectivity index (χ2n) is 5.63. The van der Waals surface area contributed by atoms with Crippen molar-refractivity contribution in [3.05, 3.63) is 24.0 Å². The molecule has 1 unspecified atom stereocenters. The lowest BCUT2D eigenvalue weighted by molar-refractivity contribution is -0.108. The zero-order valence-electron chi connectivity index (χ0n) is 11.0. The van der Waals surface area contributed by atoms with Crippen LogP contribution in [-0.2, 0) is 4.74 Å². The van der Waals surface area contributed by atoms with Crippen LogP contribution in [0.4, 0.5) is 10.1 Å². The fourth-order valence-corrected chi connectivity index (χ4v) is 3.27. The van der Waals surface area contributed by atoms with Crippen LogP contribution >= 0.6 is 0 Å². The van der Waals surface area contributed by atoms with Gasteiger partial charge >= 0.3 is 0 Å². The van der Waals surface area contributed by atoms with E-state index in [0.717, 1.165) is 25.7 Å². The maximum Gasteiger partial charge on any atom is 0.178 e. The van der Waals surface area contributed by atoms with Gasteiger partial charge in [-0.2, -0.15) is 0 Å². The predicted molar refractivity (Wildman–Crippen MR) is 71.6 cm³/mol. The van der Waals surface area contributed by atoms with Crippen molar-refractivity contribution in [1.29, 1.82) is 0 Å². The van der Waals surface area contributed by atoms with Crippen molar-refractivity contribution in [3.8, 4) is 5.75 Å². The van der Waals surface area contributed by atoms with Gasteiger partial charge in [-0.25, -0.2) is 4.39 Å². The van der Waals surface area contributed by atoms with Gasteiger partial charge in [0.05, 0.1) is 17.9 Å². The molecule has 1 atom stereocenters. The Labute approximate surface area is 112 Å². The minimum atomic E-state index is -0.382. The van der Waals surface area contributed by atoms with Crippen molar-refractivity contribution >= 4 is 5.69 Å². The first-order valence-corrected chi connectivity index (χ1v) is 7.03. The van der Waals surface area contributed by atoms with Crippen LogP contribution in [0.1, 0.15) is 38.5 Å². The summed E-state index contributed by atoms with van der Waals surface area (Å²) >= 11 is 0. The second-order valence-corrected chi connectivity index (χ2v) is 5.63. The quantitative estimate of drug-likeness (QED) is 0.835. The van der Waals surface area contributed by atoms with E-state index in [-0.39, 0.29) is 23.3 Å². The third kappa shape index (κ3) is 2.54. The summed E-state index contributed by atoms with van der Waals surface area (Å²) in [5.74, 6) is -0.186. The van der Waals surface area contributed by atoms with E-state index in [4.69, 9.17) is 15.2 Å². The fourth-order valence-electron chi connectivity index (χ4n) is 3.27. The molecule has 1 aromatic carbocycles. The first kappa shape index (κ1) is 12.7. The summed E-state index contributed by atoms with van der Waals surface area (Å²) < 4.78 is 25.5. The molecule has 1 saturated carbocycles. The molecule has 1 aromatic rings. The summed E-state index contributed by atoms with van der Waals surface area (Å²) in [7, 11) is 0. The lowest BCUT2D eigenvalue weighted by Crippen LogP contribution is -2.41. The number of benzene rings is 1. The molecule has 2 fully saturated rings. The van der Waals surface area contributed by atoms with Crippen LogP contribution in [-0.4, -0.2) is 18.3 Å². The molecule has 1 spiro atoms. The third-order valence-electron chi connectivity index (χ3n) is 4.24. The van der Waals surface area contributed by atoms with Crippen molar-refractivity contribution in [3.63, 3.8) is 0 Å². The Bertz CT molecular complexity index is 437. The van der Waals surface area contributed by atoms with Crippen molar-refractivity contribution in [1.82, 2.24) is 0 Å². The maximum absolute atomic E-state index is 13.7. The number of ether oxygens (including phenoxy) is 2. The van der Waals surface area contributed by atoms with E-state index >= 15 is 0 Å². The van der Waals surface area contributed by atoms with Gasteiger partial charge in [-0.1, -0.05) is 18.9 Å². The second kappa shape index (κ2) is 5.00. The number of hydrogen-bond donors (Lipinski definition) is 1. The Kier molecular flexibility index (Phi) is 3.35. The van der Waals surface area contributed by atoms with Crippen molar-refractivity contribution in [2.24, 2.45) is 0 Å². The summed E-state index contributed by atoms with van der Waals surface area (Å²) in [6, 6.07) is 4.65. The highest BCUT2D eigenvalue weighted by Gasteiger charge is 2.40. The maximum atomic E-state index is 13.7. The van der Waals surface area contributed by atoms with Crippen LogP contribution in [0, 0.1) is 5.82 Å². The van der Waals surface area contributed by atoms with Crippen LogP contribution in [0.15, 0.2) is 18.2 Å². The molecule has 0 radical (unpaired) electrons. The summed E-state index contributed by atoms with van der Waals surface area (Å²) in [5, 5.41) is 0. The van der Waals surface area contributed by atoms with Crippen LogP contribution in [0.2, 0.25) is 0 Å². The normalized spacial score (nSPS) is 25.6. The Morgan fingerprint density at radius 3 is 2.84 bits per heavy atom. The van der Waals surface area contributed by atoms with E-state index in [1.165, 1.54) is 18.9 Å². The van der Waals surface area contributed by atoms with E-state index in [0.29, 0.717) is 12.3 Å². The van der Waals surface area contributed by atoms with E-state index in [9.17, 15) is 4.39 Å². The van der Waals surface area contributed by atoms with Gasteiger partial charge in [0.2, 0.25) is 0 Å². The molecule has 0 amide bonds. The molecule has 3 nitrogen and oxygen atoms in total. The summed E-state index contributed by atoms with van der Waals surface area (Å²) in [5.41, 5.74) is 6.13. The van der Waals surface area contributed by atoms with Crippen LogP contribution in [0.25, 0.3) is 0 Å². The third-order valence-corrected chi connectivity index (χ3v) is 4.24. The van der Waals surface area contributed by atoms with Crippen LogP contribution in [0.5, 0.6) is 5.75 Å². The molecule has 0 aromatic heterocycles. The zero-order valence-corrected chi connectivity index (χ0v) is 11.0. The number of nitrogens with two attached hydrogens (primary N) is 1. The minimum absolute atomic E-state index is 0.00560. The monoisotopic (exact) mass is 265 g/mol. The van der Waals surface area contributed by atoms with E-state index in [1.807, 2.05) is 0 Å². The average Bonchev–Trinajstić information content (AvgIpc) is 2.82. The number of anilines is 1. The molecular formula is C15H20FNO2. The van der Waals surface area contributed by atoms with Gasteiger partial charge in [0.15, 0.2) is 11.6 Å². The summed E-state index contributed by atoms with van der Waals surface area (Å²) in [4.78, 5) is 0. The summed E-state index contributed by atoms with van der Waals surface area (Å²) in [6.07, 6.45) is 6.28. The molecule has 2 aliphatic rings. The Hall–Kier alpha value is -1.29. The van der Waals surface area contributed by atoms with E-state index in [2.05, 4.69) is 0 Å². The standard InChI is InChI=1S/C15H20FNO2/c16-12-4-3-5-13(17)14(12)19-11-6-9-18-15(10-11)7-1-2-8-15/h3-5,11H,1-2,6-10,17H2. The molecule has 1 aliphatic heterocycles. The van der Waals surface area contributed by atoms with Gasteiger partial charge < -0.3 is 15.2 Å². The number of halogens is 1. The molecule has 2 N–H and O–H groups in total. The highest BCUT2D eigenvalue weighted by atomic mass is 19.1.